The van der Waals surface area contributed by atoms with Crippen molar-refractivity contribution < 1.29 is 9.32 Å². The summed E-state index contributed by atoms with van der Waals surface area (Å²) < 4.78 is 5.46. The second kappa shape index (κ2) is 8.85. The Morgan fingerprint density at radius 3 is 2.87 bits per heavy atom. The Morgan fingerprint density at radius 1 is 1.27 bits per heavy atom. The third-order valence-corrected chi connectivity index (χ3v) is 6.61. The minimum Gasteiger partial charge on any atom is -0.342 e. The summed E-state index contributed by atoms with van der Waals surface area (Å²) in [5.74, 6) is 1.32. The van der Waals surface area contributed by atoms with Crippen LogP contribution in [0.5, 0.6) is 0 Å². The fourth-order valence-electron chi connectivity index (χ4n) is 4.56. The van der Waals surface area contributed by atoms with Gasteiger partial charge in [0.1, 0.15) is 0 Å². The van der Waals surface area contributed by atoms with Gasteiger partial charge >= 0.3 is 0 Å². The van der Waals surface area contributed by atoms with E-state index >= 15 is 0 Å². The van der Waals surface area contributed by atoms with E-state index in [1.54, 1.807) is 18.2 Å². The zero-order chi connectivity index (χ0) is 21.3. The Kier molecular flexibility index (Phi) is 6.37. The Bertz CT molecular complexity index is 914. The fourth-order valence-corrected chi connectivity index (χ4v) is 5.05. The number of nitrogens with zero attached hydrogens (tertiary/aromatic N) is 4. The van der Waals surface area contributed by atoms with Crippen LogP contribution in [-0.4, -0.2) is 52.0 Å². The Balaban J connectivity index is 1.39. The van der Waals surface area contributed by atoms with Crippen LogP contribution < -0.4 is 0 Å². The molecule has 8 heteroatoms. The highest BCUT2D eigenvalue weighted by molar-refractivity contribution is 6.36. The van der Waals surface area contributed by atoms with Gasteiger partial charge in [-0.05, 0) is 55.8 Å². The molecule has 1 aromatic heterocycles. The van der Waals surface area contributed by atoms with Crippen molar-refractivity contribution >= 4 is 29.1 Å². The lowest BCUT2D eigenvalue weighted by Gasteiger charge is -2.41. The SMILES string of the molecule is CC1(C)CCCN(C(=O)C2CCCN(Cc3nc(-c4ccc(Cl)cc4Cl)no3)C2)C1. The van der Waals surface area contributed by atoms with Gasteiger partial charge in [-0.15, -0.1) is 0 Å². The lowest BCUT2D eigenvalue weighted by molar-refractivity contribution is -0.140. The molecule has 2 fully saturated rings. The summed E-state index contributed by atoms with van der Waals surface area (Å²) in [6.07, 6.45) is 4.22. The van der Waals surface area contributed by atoms with Crippen molar-refractivity contribution in [3.8, 4) is 11.4 Å². The molecular weight excluding hydrogens is 423 g/mol. The summed E-state index contributed by atoms with van der Waals surface area (Å²) >= 11 is 12.2. The number of likely N-dealkylation sites (tertiary alicyclic amines) is 2. The Hall–Kier alpha value is -1.63. The van der Waals surface area contributed by atoms with Crippen LogP contribution in [0.3, 0.4) is 0 Å². The van der Waals surface area contributed by atoms with Crippen LogP contribution >= 0.6 is 23.2 Å². The fraction of sp³-hybridized carbons (Fsp3) is 0.591. The topological polar surface area (TPSA) is 62.5 Å². The second-order valence-corrected chi connectivity index (χ2v) is 10.1. The summed E-state index contributed by atoms with van der Waals surface area (Å²) in [6.45, 7) is 8.43. The van der Waals surface area contributed by atoms with E-state index in [1.165, 1.54) is 6.42 Å². The van der Waals surface area contributed by atoms with Crippen molar-refractivity contribution in [2.24, 2.45) is 11.3 Å². The zero-order valence-electron chi connectivity index (χ0n) is 17.5. The third kappa shape index (κ3) is 4.98. The van der Waals surface area contributed by atoms with E-state index in [9.17, 15) is 4.79 Å². The maximum Gasteiger partial charge on any atom is 0.241 e. The second-order valence-electron chi connectivity index (χ2n) is 9.24. The van der Waals surface area contributed by atoms with Crippen molar-refractivity contribution in [1.29, 1.82) is 0 Å². The summed E-state index contributed by atoms with van der Waals surface area (Å²) in [6, 6.07) is 5.20. The number of benzene rings is 1. The summed E-state index contributed by atoms with van der Waals surface area (Å²) in [5, 5.41) is 5.12. The van der Waals surface area contributed by atoms with Crippen LogP contribution in [0.25, 0.3) is 11.4 Å². The molecule has 0 N–H and O–H groups in total. The predicted molar refractivity (Wildman–Crippen MR) is 117 cm³/mol. The highest BCUT2D eigenvalue weighted by atomic mass is 35.5. The van der Waals surface area contributed by atoms with E-state index in [-0.39, 0.29) is 11.3 Å². The molecular formula is C22H28Cl2N4O2. The van der Waals surface area contributed by atoms with Crippen molar-refractivity contribution in [2.75, 3.05) is 26.2 Å². The molecule has 0 spiro atoms. The van der Waals surface area contributed by atoms with Crippen LogP contribution in [0.2, 0.25) is 10.0 Å². The largest absolute Gasteiger partial charge is 0.342 e. The lowest BCUT2D eigenvalue weighted by atomic mass is 9.83. The first kappa shape index (κ1) is 21.6. The molecule has 2 aromatic rings. The molecule has 0 bridgehead atoms. The van der Waals surface area contributed by atoms with Crippen molar-refractivity contribution in [3.05, 3.63) is 34.1 Å². The molecule has 6 nitrogen and oxygen atoms in total. The molecule has 0 aliphatic carbocycles. The summed E-state index contributed by atoms with van der Waals surface area (Å²) in [4.78, 5) is 21.9. The summed E-state index contributed by atoms with van der Waals surface area (Å²) in [7, 11) is 0. The number of hydrogen-bond acceptors (Lipinski definition) is 5. The van der Waals surface area contributed by atoms with Gasteiger partial charge in [-0.2, -0.15) is 4.98 Å². The van der Waals surface area contributed by atoms with Gasteiger partial charge in [0.15, 0.2) is 0 Å². The number of rotatable bonds is 4. The van der Waals surface area contributed by atoms with Gasteiger partial charge in [-0.25, -0.2) is 0 Å². The van der Waals surface area contributed by atoms with Crippen LogP contribution in [0.15, 0.2) is 22.7 Å². The van der Waals surface area contributed by atoms with E-state index in [1.807, 2.05) is 0 Å². The maximum atomic E-state index is 13.1. The van der Waals surface area contributed by atoms with Crippen molar-refractivity contribution in [2.45, 2.75) is 46.1 Å². The van der Waals surface area contributed by atoms with Crippen molar-refractivity contribution in [1.82, 2.24) is 19.9 Å². The summed E-state index contributed by atoms with van der Waals surface area (Å²) in [5.41, 5.74) is 0.904. The molecule has 1 unspecified atom stereocenters. The number of amides is 1. The first-order valence-corrected chi connectivity index (χ1v) is 11.4. The lowest BCUT2D eigenvalue weighted by Crippen LogP contribution is -2.49. The van der Waals surface area contributed by atoms with Crippen molar-refractivity contribution in [3.63, 3.8) is 0 Å². The first-order valence-electron chi connectivity index (χ1n) is 10.6. The first-order chi connectivity index (χ1) is 14.3. The van der Waals surface area contributed by atoms with Gasteiger partial charge in [-0.3, -0.25) is 9.69 Å². The highest BCUT2D eigenvalue weighted by Gasteiger charge is 2.34. The molecule has 1 aromatic carbocycles. The number of hydrogen-bond donors (Lipinski definition) is 0. The molecule has 2 aliphatic rings. The average Bonchev–Trinajstić information content (AvgIpc) is 3.15. The quantitative estimate of drug-likeness (QED) is 0.662. The van der Waals surface area contributed by atoms with E-state index in [0.29, 0.717) is 39.8 Å². The van der Waals surface area contributed by atoms with Crippen LogP contribution in [0, 0.1) is 11.3 Å². The van der Waals surface area contributed by atoms with E-state index < -0.39 is 0 Å². The molecule has 30 heavy (non-hydrogen) atoms. The van der Waals surface area contributed by atoms with Gasteiger partial charge in [0, 0.05) is 30.2 Å². The number of halogens is 2. The molecule has 2 saturated heterocycles. The molecule has 0 saturated carbocycles. The van der Waals surface area contributed by atoms with Gasteiger partial charge < -0.3 is 9.42 Å². The predicted octanol–water partition coefficient (Wildman–Crippen LogP) is 4.90. The van der Waals surface area contributed by atoms with E-state index in [4.69, 9.17) is 27.7 Å². The highest BCUT2D eigenvalue weighted by Crippen LogP contribution is 2.31. The average molecular weight is 451 g/mol. The normalized spacial score (nSPS) is 22.3. The number of piperidine rings is 2. The smallest absolute Gasteiger partial charge is 0.241 e. The standard InChI is InChI=1S/C22H28Cl2N4O2/c1-22(2)8-4-10-28(14-22)21(29)15-5-3-9-27(12-15)13-19-25-20(26-30-19)17-7-6-16(23)11-18(17)24/h6-7,11,15H,3-5,8-10,12-14H2,1-2H3. The van der Waals surface area contributed by atoms with Crippen LogP contribution in [0.4, 0.5) is 0 Å². The number of aromatic nitrogens is 2. The molecule has 1 amide bonds. The molecule has 3 heterocycles. The van der Waals surface area contributed by atoms with Gasteiger partial charge in [0.2, 0.25) is 17.6 Å². The maximum absolute atomic E-state index is 13.1. The van der Waals surface area contributed by atoms with E-state index in [0.717, 1.165) is 45.4 Å². The Labute approximate surface area is 187 Å². The third-order valence-electron chi connectivity index (χ3n) is 6.07. The minimum absolute atomic E-state index is 0.0424. The number of carbonyl (C=O) groups excluding carboxylic acids is 1. The minimum atomic E-state index is 0.0424. The van der Waals surface area contributed by atoms with Gasteiger partial charge in [0.25, 0.3) is 0 Å². The zero-order valence-corrected chi connectivity index (χ0v) is 19.0. The Morgan fingerprint density at radius 2 is 2.10 bits per heavy atom. The van der Waals surface area contributed by atoms with Gasteiger partial charge in [0.05, 0.1) is 17.5 Å². The van der Waals surface area contributed by atoms with Crippen LogP contribution in [-0.2, 0) is 11.3 Å². The monoisotopic (exact) mass is 450 g/mol. The molecule has 4 rings (SSSR count). The molecule has 0 radical (unpaired) electrons. The van der Waals surface area contributed by atoms with Gasteiger partial charge in [-0.1, -0.05) is 42.2 Å². The molecule has 162 valence electrons. The molecule has 1 atom stereocenters. The van der Waals surface area contributed by atoms with E-state index in [2.05, 4.69) is 33.8 Å². The number of carbonyl (C=O) groups is 1. The molecule has 2 aliphatic heterocycles. The van der Waals surface area contributed by atoms with Crippen LogP contribution in [0.1, 0.15) is 45.4 Å².